The summed E-state index contributed by atoms with van der Waals surface area (Å²) in [5.74, 6) is 0. The van der Waals surface area contributed by atoms with Crippen LogP contribution in [-0.2, 0) is 7.05 Å². The van der Waals surface area contributed by atoms with Gasteiger partial charge in [-0.3, -0.25) is 9.59 Å². The molecular weight excluding hydrogens is 340 g/mol. The molecule has 2 aromatic heterocycles. The maximum absolute atomic E-state index is 12.4. The van der Waals surface area contributed by atoms with Crippen LogP contribution in [0, 0.1) is 11.3 Å². The number of nitriles is 1. The minimum Gasteiger partial charge on any atom is -0.374 e. The third kappa shape index (κ3) is 3.02. The minimum absolute atomic E-state index is 0.265. The Labute approximate surface area is 148 Å². The van der Waals surface area contributed by atoms with Crippen LogP contribution in [0.15, 0.2) is 46.0 Å². The standard InChI is InChI=1S/C18H15ClN4O2/c1-10(21-15-7-6-12(9-20)23(2)18(15)25)13-8-11-4-3-5-14(19)16(11)22-17(13)24/h3-8,10,21H,1-2H3,(H,22,24)/t10-/m0/s1. The maximum atomic E-state index is 12.4. The van der Waals surface area contributed by atoms with Gasteiger partial charge < -0.3 is 14.9 Å². The predicted octanol–water partition coefficient (Wildman–Crippen LogP) is 2.92. The number of nitrogens with one attached hydrogen (secondary N) is 2. The number of aromatic amines is 1. The SMILES string of the molecule is C[C@H](Nc1ccc(C#N)n(C)c1=O)c1cc2cccc(Cl)c2[nH]c1=O. The number of anilines is 1. The number of para-hydroxylation sites is 1. The summed E-state index contributed by atoms with van der Waals surface area (Å²) in [5.41, 5.74) is 1.05. The first-order valence-electron chi connectivity index (χ1n) is 7.60. The molecular formula is C18H15ClN4O2. The van der Waals surface area contributed by atoms with Crippen LogP contribution in [0.4, 0.5) is 5.69 Å². The number of pyridine rings is 2. The van der Waals surface area contributed by atoms with Crippen LogP contribution in [0.5, 0.6) is 0 Å². The summed E-state index contributed by atoms with van der Waals surface area (Å²) >= 11 is 6.10. The Bertz CT molecular complexity index is 1120. The Morgan fingerprint density at radius 2 is 2.04 bits per heavy atom. The Morgan fingerprint density at radius 3 is 2.76 bits per heavy atom. The molecule has 0 unspecified atom stereocenters. The average Bonchev–Trinajstić information content (AvgIpc) is 2.59. The van der Waals surface area contributed by atoms with E-state index in [-0.39, 0.29) is 16.8 Å². The summed E-state index contributed by atoms with van der Waals surface area (Å²) < 4.78 is 1.26. The largest absolute Gasteiger partial charge is 0.374 e. The number of halogens is 1. The minimum atomic E-state index is -0.409. The molecule has 1 aromatic carbocycles. The topological polar surface area (TPSA) is 90.7 Å². The van der Waals surface area contributed by atoms with E-state index in [0.29, 0.717) is 21.8 Å². The molecule has 0 spiro atoms. The molecule has 3 rings (SSSR count). The first kappa shape index (κ1) is 16.8. The molecule has 0 aliphatic rings. The molecule has 0 aliphatic heterocycles. The summed E-state index contributed by atoms with van der Waals surface area (Å²) in [5, 5.41) is 13.3. The summed E-state index contributed by atoms with van der Waals surface area (Å²) in [6.45, 7) is 1.79. The van der Waals surface area contributed by atoms with Gasteiger partial charge in [-0.15, -0.1) is 0 Å². The van der Waals surface area contributed by atoms with Crippen molar-refractivity contribution in [2.45, 2.75) is 13.0 Å². The van der Waals surface area contributed by atoms with Gasteiger partial charge in [0.1, 0.15) is 17.5 Å². The van der Waals surface area contributed by atoms with E-state index in [2.05, 4.69) is 10.3 Å². The lowest BCUT2D eigenvalue weighted by molar-refractivity contribution is 0.818. The van der Waals surface area contributed by atoms with Gasteiger partial charge >= 0.3 is 0 Å². The highest BCUT2D eigenvalue weighted by Gasteiger charge is 2.14. The lowest BCUT2D eigenvalue weighted by Crippen LogP contribution is -2.26. The van der Waals surface area contributed by atoms with Crippen molar-refractivity contribution in [1.82, 2.24) is 9.55 Å². The highest BCUT2D eigenvalue weighted by Crippen LogP contribution is 2.23. The second kappa shape index (κ2) is 6.46. The van der Waals surface area contributed by atoms with Crippen LogP contribution >= 0.6 is 11.6 Å². The van der Waals surface area contributed by atoms with Crippen LogP contribution in [-0.4, -0.2) is 9.55 Å². The van der Waals surface area contributed by atoms with Crippen molar-refractivity contribution in [2.75, 3.05) is 5.32 Å². The summed E-state index contributed by atoms with van der Waals surface area (Å²) in [6, 6.07) is 11.8. The smallest absolute Gasteiger partial charge is 0.274 e. The van der Waals surface area contributed by atoms with E-state index < -0.39 is 6.04 Å². The van der Waals surface area contributed by atoms with Crippen LogP contribution in [0.25, 0.3) is 10.9 Å². The number of hydrogen-bond acceptors (Lipinski definition) is 4. The molecule has 0 aliphatic carbocycles. The third-order valence-electron chi connectivity index (χ3n) is 4.11. The van der Waals surface area contributed by atoms with Gasteiger partial charge in [0.2, 0.25) is 0 Å². The average molecular weight is 355 g/mol. The zero-order chi connectivity index (χ0) is 18.1. The highest BCUT2D eigenvalue weighted by molar-refractivity contribution is 6.35. The van der Waals surface area contributed by atoms with E-state index in [1.54, 1.807) is 37.3 Å². The number of hydrogen-bond donors (Lipinski definition) is 2. The molecule has 25 heavy (non-hydrogen) atoms. The molecule has 1 atom stereocenters. The van der Waals surface area contributed by atoms with Crippen molar-refractivity contribution in [3.05, 3.63) is 73.4 Å². The second-order valence-corrected chi connectivity index (χ2v) is 6.14. The lowest BCUT2D eigenvalue weighted by Gasteiger charge is -2.16. The quantitative estimate of drug-likeness (QED) is 0.756. The van der Waals surface area contributed by atoms with Crippen LogP contribution in [0.3, 0.4) is 0 Å². The van der Waals surface area contributed by atoms with Crippen molar-refractivity contribution in [2.24, 2.45) is 7.05 Å². The Hall–Kier alpha value is -3.04. The van der Waals surface area contributed by atoms with E-state index in [0.717, 1.165) is 5.39 Å². The van der Waals surface area contributed by atoms with Gasteiger partial charge in [-0.2, -0.15) is 5.26 Å². The van der Waals surface area contributed by atoms with Gasteiger partial charge in [0.15, 0.2) is 0 Å². The van der Waals surface area contributed by atoms with Crippen LogP contribution in [0.2, 0.25) is 5.02 Å². The Balaban J connectivity index is 2.01. The van der Waals surface area contributed by atoms with Crippen molar-refractivity contribution in [3.63, 3.8) is 0 Å². The third-order valence-corrected chi connectivity index (χ3v) is 4.43. The van der Waals surface area contributed by atoms with Crippen molar-refractivity contribution in [1.29, 1.82) is 5.26 Å². The van der Waals surface area contributed by atoms with Gasteiger partial charge in [-0.25, -0.2) is 0 Å². The number of benzene rings is 1. The lowest BCUT2D eigenvalue weighted by atomic mass is 10.1. The second-order valence-electron chi connectivity index (χ2n) is 5.73. The molecule has 7 heteroatoms. The van der Waals surface area contributed by atoms with Crippen molar-refractivity contribution < 1.29 is 0 Å². The van der Waals surface area contributed by atoms with E-state index in [1.165, 1.54) is 11.6 Å². The van der Waals surface area contributed by atoms with Gasteiger partial charge in [0, 0.05) is 18.0 Å². The van der Waals surface area contributed by atoms with Crippen molar-refractivity contribution >= 4 is 28.2 Å². The van der Waals surface area contributed by atoms with Gasteiger partial charge in [-0.1, -0.05) is 23.7 Å². The first-order valence-corrected chi connectivity index (χ1v) is 7.98. The van der Waals surface area contributed by atoms with E-state index >= 15 is 0 Å². The van der Waals surface area contributed by atoms with Gasteiger partial charge in [0.05, 0.1) is 16.6 Å². The van der Waals surface area contributed by atoms with E-state index in [4.69, 9.17) is 16.9 Å². The zero-order valence-electron chi connectivity index (χ0n) is 13.6. The van der Waals surface area contributed by atoms with Gasteiger partial charge in [0.25, 0.3) is 11.1 Å². The van der Waals surface area contributed by atoms with Crippen LogP contribution < -0.4 is 16.4 Å². The normalized spacial score (nSPS) is 11.9. The Morgan fingerprint density at radius 1 is 1.28 bits per heavy atom. The molecule has 3 aromatic rings. The molecule has 0 saturated heterocycles. The first-order chi connectivity index (χ1) is 11.9. The van der Waals surface area contributed by atoms with Crippen LogP contribution in [0.1, 0.15) is 24.2 Å². The maximum Gasteiger partial charge on any atom is 0.274 e. The molecule has 0 saturated carbocycles. The van der Waals surface area contributed by atoms with Gasteiger partial charge in [-0.05, 0) is 31.2 Å². The number of nitrogens with zero attached hydrogens (tertiary/aromatic N) is 2. The molecule has 6 nitrogen and oxygen atoms in total. The highest BCUT2D eigenvalue weighted by atomic mass is 35.5. The number of H-pyrrole nitrogens is 1. The molecule has 0 fully saturated rings. The fourth-order valence-corrected chi connectivity index (χ4v) is 2.93. The van der Waals surface area contributed by atoms with E-state index in [1.807, 2.05) is 12.1 Å². The fraction of sp³-hybridized carbons (Fsp3) is 0.167. The molecule has 0 amide bonds. The number of rotatable bonds is 3. The zero-order valence-corrected chi connectivity index (χ0v) is 14.4. The molecule has 126 valence electrons. The molecule has 2 N–H and O–H groups in total. The van der Waals surface area contributed by atoms with Crippen molar-refractivity contribution in [3.8, 4) is 6.07 Å². The van der Waals surface area contributed by atoms with E-state index in [9.17, 15) is 9.59 Å². The molecule has 2 heterocycles. The number of fused-ring (bicyclic) bond motifs is 1. The molecule has 0 radical (unpaired) electrons. The summed E-state index contributed by atoms with van der Waals surface area (Å²) in [7, 11) is 1.53. The summed E-state index contributed by atoms with van der Waals surface area (Å²) in [6.07, 6.45) is 0. The Kier molecular flexibility index (Phi) is 4.34. The predicted molar refractivity (Wildman–Crippen MR) is 98.0 cm³/mol. The fourth-order valence-electron chi connectivity index (χ4n) is 2.70. The monoisotopic (exact) mass is 354 g/mol. The molecule has 0 bridgehead atoms. The summed E-state index contributed by atoms with van der Waals surface area (Å²) in [4.78, 5) is 27.5. The number of aromatic nitrogens is 2.